The zero-order valence-electron chi connectivity index (χ0n) is 10.7. The van der Waals surface area contributed by atoms with Crippen molar-refractivity contribution in [2.24, 2.45) is 0 Å². The molecule has 1 aliphatic rings. The molecule has 1 aromatic heterocycles. The van der Waals surface area contributed by atoms with Gasteiger partial charge in [0.2, 0.25) is 5.13 Å². The first kappa shape index (κ1) is 12.8. The number of rotatable bonds is 5. The highest BCUT2D eigenvalue weighted by Crippen LogP contribution is 2.39. The Kier molecular flexibility index (Phi) is 4.34. The molecule has 17 heavy (non-hydrogen) atoms. The van der Waals surface area contributed by atoms with E-state index in [0.717, 1.165) is 36.8 Å². The Hall–Kier alpha value is -0.680. The molecule has 5 heteroatoms. The highest BCUT2D eigenvalue weighted by molar-refractivity contribution is 7.09. The molecular formula is C12H21N3OS. The maximum Gasteiger partial charge on any atom is 0.202 e. The molecule has 1 heterocycles. The van der Waals surface area contributed by atoms with Crippen LogP contribution in [0.15, 0.2) is 0 Å². The summed E-state index contributed by atoms with van der Waals surface area (Å²) in [4.78, 5) is 4.59. The first-order chi connectivity index (χ1) is 8.30. The van der Waals surface area contributed by atoms with Gasteiger partial charge in [0.25, 0.3) is 0 Å². The topological polar surface area (TPSA) is 47.0 Å². The Morgan fingerprint density at radius 3 is 2.76 bits per heavy atom. The Morgan fingerprint density at radius 1 is 1.35 bits per heavy atom. The Bertz CT molecular complexity index is 347. The van der Waals surface area contributed by atoms with Gasteiger partial charge in [0.15, 0.2) is 5.82 Å². The largest absolute Gasteiger partial charge is 0.370 e. The van der Waals surface area contributed by atoms with E-state index in [2.05, 4.69) is 21.6 Å². The lowest BCUT2D eigenvalue weighted by molar-refractivity contribution is -0.0505. The van der Waals surface area contributed by atoms with Gasteiger partial charge >= 0.3 is 0 Å². The fraction of sp³-hybridized carbons (Fsp3) is 0.833. The van der Waals surface area contributed by atoms with E-state index >= 15 is 0 Å². The lowest BCUT2D eigenvalue weighted by Gasteiger charge is -2.33. The predicted octanol–water partition coefficient (Wildman–Crippen LogP) is 3.17. The number of nitrogens with zero attached hydrogens (tertiary/aromatic N) is 2. The molecule has 0 atom stereocenters. The van der Waals surface area contributed by atoms with Crippen molar-refractivity contribution in [2.45, 2.75) is 51.0 Å². The summed E-state index contributed by atoms with van der Waals surface area (Å²) in [5.74, 6) is 0.878. The van der Waals surface area contributed by atoms with E-state index in [1.54, 1.807) is 7.11 Å². The second-order valence-electron chi connectivity index (χ2n) is 4.61. The van der Waals surface area contributed by atoms with Crippen LogP contribution in [0.4, 0.5) is 5.13 Å². The molecule has 0 unspecified atom stereocenters. The number of aromatic nitrogens is 2. The molecule has 0 radical (unpaired) electrons. The van der Waals surface area contributed by atoms with Crippen LogP contribution in [0.1, 0.15) is 51.3 Å². The molecule has 2 rings (SSSR count). The van der Waals surface area contributed by atoms with Crippen LogP contribution in [0.2, 0.25) is 0 Å². The number of hydrogen-bond acceptors (Lipinski definition) is 5. The molecule has 96 valence electrons. The van der Waals surface area contributed by atoms with Crippen molar-refractivity contribution in [3.8, 4) is 0 Å². The number of nitrogens with one attached hydrogen (secondary N) is 1. The van der Waals surface area contributed by atoms with Crippen LogP contribution in [0.5, 0.6) is 0 Å². The van der Waals surface area contributed by atoms with Gasteiger partial charge in [0.05, 0.1) is 0 Å². The summed E-state index contributed by atoms with van der Waals surface area (Å²) in [5, 5.41) is 4.20. The highest BCUT2D eigenvalue weighted by atomic mass is 32.1. The van der Waals surface area contributed by atoms with Crippen molar-refractivity contribution in [2.75, 3.05) is 19.0 Å². The van der Waals surface area contributed by atoms with Gasteiger partial charge < -0.3 is 10.1 Å². The molecule has 0 aliphatic heterocycles. The zero-order chi connectivity index (χ0) is 12.1. The van der Waals surface area contributed by atoms with Crippen LogP contribution in [-0.2, 0) is 10.3 Å². The quantitative estimate of drug-likeness (QED) is 0.878. The summed E-state index contributed by atoms with van der Waals surface area (Å²) in [6.45, 7) is 3.10. The minimum atomic E-state index is -0.221. The SMILES string of the molecule is CCCNc1nc(C2(OC)CCCCC2)ns1. The second-order valence-corrected chi connectivity index (χ2v) is 5.36. The van der Waals surface area contributed by atoms with Crippen molar-refractivity contribution >= 4 is 16.7 Å². The third-order valence-electron chi connectivity index (χ3n) is 3.41. The van der Waals surface area contributed by atoms with Crippen LogP contribution >= 0.6 is 11.5 Å². The van der Waals surface area contributed by atoms with E-state index in [1.807, 2.05) is 0 Å². The first-order valence-corrected chi connectivity index (χ1v) is 7.21. The molecule has 0 bridgehead atoms. The van der Waals surface area contributed by atoms with Crippen molar-refractivity contribution in [1.82, 2.24) is 9.36 Å². The van der Waals surface area contributed by atoms with E-state index in [0.29, 0.717) is 0 Å². The standard InChI is InChI=1S/C12H21N3OS/c1-3-9-13-11-14-10(15-17-11)12(16-2)7-5-4-6-8-12/h3-9H2,1-2H3,(H,13,14,15). The molecule has 0 saturated heterocycles. The van der Waals surface area contributed by atoms with E-state index in [1.165, 1.54) is 30.8 Å². The molecule has 0 spiro atoms. The lowest BCUT2D eigenvalue weighted by atomic mass is 9.84. The fourth-order valence-corrected chi connectivity index (χ4v) is 3.03. The van der Waals surface area contributed by atoms with Gasteiger partial charge in [-0.3, -0.25) is 0 Å². The maximum absolute atomic E-state index is 5.74. The molecule has 1 N–H and O–H groups in total. The van der Waals surface area contributed by atoms with Crippen molar-refractivity contribution < 1.29 is 4.74 Å². The molecule has 1 saturated carbocycles. The van der Waals surface area contributed by atoms with Crippen LogP contribution in [0.25, 0.3) is 0 Å². The summed E-state index contributed by atoms with van der Waals surface area (Å²) >= 11 is 1.44. The number of methoxy groups -OCH3 is 1. The Labute approximate surface area is 107 Å². The number of ether oxygens (including phenoxy) is 1. The average Bonchev–Trinajstić information content (AvgIpc) is 2.86. The lowest BCUT2D eigenvalue weighted by Crippen LogP contribution is -2.32. The van der Waals surface area contributed by atoms with Crippen LogP contribution in [0.3, 0.4) is 0 Å². The number of hydrogen-bond donors (Lipinski definition) is 1. The van der Waals surface area contributed by atoms with Gasteiger partial charge in [-0.2, -0.15) is 4.37 Å². The van der Waals surface area contributed by atoms with Gasteiger partial charge in [0, 0.05) is 25.2 Å². The van der Waals surface area contributed by atoms with Crippen LogP contribution < -0.4 is 5.32 Å². The molecule has 1 fully saturated rings. The Morgan fingerprint density at radius 2 is 2.12 bits per heavy atom. The predicted molar refractivity (Wildman–Crippen MR) is 70.5 cm³/mol. The fourth-order valence-electron chi connectivity index (χ4n) is 2.35. The smallest absolute Gasteiger partial charge is 0.202 e. The summed E-state index contributed by atoms with van der Waals surface area (Å²) in [5.41, 5.74) is -0.221. The molecular weight excluding hydrogens is 234 g/mol. The summed E-state index contributed by atoms with van der Waals surface area (Å²) in [6.07, 6.45) is 6.93. The molecule has 0 amide bonds. The van der Waals surface area contributed by atoms with Gasteiger partial charge in [-0.25, -0.2) is 4.98 Å². The Balaban J connectivity index is 2.10. The summed E-state index contributed by atoms with van der Waals surface area (Å²) in [6, 6.07) is 0. The van der Waals surface area contributed by atoms with E-state index < -0.39 is 0 Å². The van der Waals surface area contributed by atoms with Gasteiger partial charge in [0.1, 0.15) is 5.60 Å². The van der Waals surface area contributed by atoms with E-state index in [9.17, 15) is 0 Å². The minimum absolute atomic E-state index is 0.221. The third-order valence-corrected chi connectivity index (χ3v) is 4.08. The summed E-state index contributed by atoms with van der Waals surface area (Å²) < 4.78 is 10.2. The third kappa shape index (κ3) is 2.77. The monoisotopic (exact) mass is 255 g/mol. The van der Waals surface area contributed by atoms with Crippen molar-refractivity contribution in [3.05, 3.63) is 5.82 Å². The second kappa shape index (κ2) is 5.78. The minimum Gasteiger partial charge on any atom is -0.370 e. The number of anilines is 1. The van der Waals surface area contributed by atoms with E-state index in [-0.39, 0.29) is 5.60 Å². The van der Waals surface area contributed by atoms with E-state index in [4.69, 9.17) is 4.74 Å². The zero-order valence-corrected chi connectivity index (χ0v) is 11.5. The van der Waals surface area contributed by atoms with Crippen LogP contribution in [-0.4, -0.2) is 23.0 Å². The average molecular weight is 255 g/mol. The first-order valence-electron chi connectivity index (χ1n) is 6.44. The maximum atomic E-state index is 5.74. The molecule has 1 aromatic rings. The molecule has 4 nitrogen and oxygen atoms in total. The normalized spacial score (nSPS) is 19.2. The molecule has 1 aliphatic carbocycles. The molecule has 0 aromatic carbocycles. The highest BCUT2D eigenvalue weighted by Gasteiger charge is 2.37. The van der Waals surface area contributed by atoms with Crippen LogP contribution in [0, 0.1) is 0 Å². The van der Waals surface area contributed by atoms with Gasteiger partial charge in [-0.05, 0) is 19.3 Å². The van der Waals surface area contributed by atoms with Crippen molar-refractivity contribution in [3.63, 3.8) is 0 Å². The van der Waals surface area contributed by atoms with Gasteiger partial charge in [-0.15, -0.1) is 0 Å². The summed E-state index contributed by atoms with van der Waals surface area (Å²) in [7, 11) is 1.78. The van der Waals surface area contributed by atoms with Crippen molar-refractivity contribution in [1.29, 1.82) is 0 Å². The van der Waals surface area contributed by atoms with Gasteiger partial charge in [-0.1, -0.05) is 26.2 Å².